The van der Waals surface area contributed by atoms with Gasteiger partial charge < -0.3 is 19.5 Å². The molecule has 240 valence electrons. The van der Waals surface area contributed by atoms with Crippen LogP contribution in [0, 0.1) is 5.92 Å². The topological polar surface area (TPSA) is 76.1 Å². The number of carbonyl (C=O) groups is 2. The summed E-state index contributed by atoms with van der Waals surface area (Å²) in [6.07, 6.45) is -2.98. The molecule has 0 saturated heterocycles. The average Bonchev–Trinajstić information content (AvgIpc) is 3.87. The molecule has 1 amide bonds. The van der Waals surface area contributed by atoms with Gasteiger partial charge >= 0.3 is 18.2 Å². The van der Waals surface area contributed by atoms with Gasteiger partial charge in [-0.1, -0.05) is 72.8 Å². The summed E-state index contributed by atoms with van der Waals surface area (Å²) >= 11 is 0. The molecular weight excluding hydrogens is 595 g/mol. The van der Waals surface area contributed by atoms with E-state index in [1.165, 1.54) is 11.0 Å². The largest absolute Gasteiger partial charge is 0.493 e. The number of carbonyl (C=O) groups excluding carboxylic acids is 1. The molecule has 6 nitrogen and oxygen atoms in total. The lowest BCUT2D eigenvalue weighted by Gasteiger charge is -2.24. The van der Waals surface area contributed by atoms with Crippen LogP contribution in [0.1, 0.15) is 53.1 Å². The van der Waals surface area contributed by atoms with Crippen molar-refractivity contribution < 1.29 is 37.3 Å². The van der Waals surface area contributed by atoms with Crippen LogP contribution >= 0.6 is 0 Å². The van der Waals surface area contributed by atoms with E-state index in [1.54, 1.807) is 25.1 Å². The molecule has 0 spiro atoms. The molecule has 46 heavy (non-hydrogen) atoms. The van der Waals surface area contributed by atoms with Crippen molar-refractivity contribution in [2.24, 2.45) is 5.92 Å². The molecule has 0 aliphatic heterocycles. The summed E-state index contributed by atoms with van der Waals surface area (Å²) in [5.41, 5.74) is 3.32. The van der Waals surface area contributed by atoms with E-state index in [2.05, 4.69) is 0 Å². The summed E-state index contributed by atoms with van der Waals surface area (Å²) < 4.78 is 53.5. The van der Waals surface area contributed by atoms with Gasteiger partial charge in [-0.25, -0.2) is 4.79 Å². The van der Waals surface area contributed by atoms with Crippen molar-refractivity contribution in [2.75, 3.05) is 13.2 Å². The summed E-state index contributed by atoms with van der Waals surface area (Å²) in [5.74, 6) is 0.192. The number of benzene rings is 4. The molecule has 0 bridgehead atoms. The van der Waals surface area contributed by atoms with Crippen LogP contribution in [-0.4, -0.2) is 35.2 Å². The number of hydrogen-bond donors (Lipinski definition) is 1. The Morgan fingerprint density at radius 3 is 2.28 bits per heavy atom. The van der Waals surface area contributed by atoms with Crippen LogP contribution in [-0.2, 0) is 41.7 Å². The fraction of sp³-hybridized carbons (Fsp3) is 0.297. The van der Waals surface area contributed by atoms with Crippen LogP contribution in [0.2, 0.25) is 0 Å². The number of carboxylic acid groups (broad SMARTS) is 1. The lowest BCUT2D eigenvalue weighted by atomic mass is 9.87. The van der Waals surface area contributed by atoms with Crippen molar-refractivity contribution in [3.05, 3.63) is 124 Å². The van der Waals surface area contributed by atoms with Crippen LogP contribution in [0.5, 0.6) is 5.75 Å². The third kappa shape index (κ3) is 8.47. The summed E-state index contributed by atoms with van der Waals surface area (Å²) in [6.45, 7) is 2.40. The van der Waals surface area contributed by atoms with Gasteiger partial charge in [-0.3, -0.25) is 4.79 Å². The van der Waals surface area contributed by atoms with Crippen molar-refractivity contribution in [3.8, 4) is 16.9 Å². The van der Waals surface area contributed by atoms with E-state index >= 15 is 0 Å². The predicted octanol–water partition coefficient (Wildman–Crippen LogP) is 8.54. The highest BCUT2D eigenvalue weighted by atomic mass is 19.4. The Morgan fingerprint density at radius 1 is 0.870 bits per heavy atom. The maximum absolute atomic E-state index is 14.0. The highest BCUT2D eigenvalue weighted by Crippen LogP contribution is 2.38. The second-order valence-electron chi connectivity index (χ2n) is 11.5. The molecule has 0 radical (unpaired) electrons. The number of hydrogen-bond acceptors (Lipinski definition) is 4. The lowest BCUT2D eigenvalue weighted by Crippen LogP contribution is -2.31. The van der Waals surface area contributed by atoms with Crippen molar-refractivity contribution in [1.82, 2.24) is 4.90 Å². The van der Waals surface area contributed by atoms with Crippen LogP contribution in [0.15, 0.2) is 91.0 Å². The molecule has 1 saturated carbocycles. The van der Waals surface area contributed by atoms with Gasteiger partial charge in [0, 0.05) is 19.5 Å². The van der Waals surface area contributed by atoms with E-state index in [0.29, 0.717) is 46.9 Å². The molecule has 0 unspecified atom stereocenters. The van der Waals surface area contributed by atoms with Crippen molar-refractivity contribution in [1.29, 1.82) is 0 Å². The zero-order valence-electron chi connectivity index (χ0n) is 25.6. The molecule has 0 atom stereocenters. The smallest absolute Gasteiger partial charge is 0.416 e. The number of para-hydroxylation sites is 1. The van der Waals surface area contributed by atoms with Gasteiger partial charge in [0.05, 0.1) is 18.6 Å². The fourth-order valence-corrected chi connectivity index (χ4v) is 5.38. The van der Waals surface area contributed by atoms with Gasteiger partial charge in [-0.2, -0.15) is 13.2 Å². The molecule has 5 rings (SSSR count). The molecule has 4 aromatic carbocycles. The molecule has 1 aliphatic rings. The van der Waals surface area contributed by atoms with Crippen LogP contribution < -0.4 is 4.74 Å². The molecule has 4 aromatic rings. The number of rotatable bonds is 13. The second-order valence-corrected chi connectivity index (χ2v) is 11.5. The summed E-state index contributed by atoms with van der Waals surface area (Å²) in [6, 6.07) is 25.4. The van der Waals surface area contributed by atoms with Crippen LogP contribution in [0.4, 0.5) is 18.0 Å². The number of nitrogens with zero attached hydrogens (tertiary/aromatic N) is 1. The predicted molar refractivity (Wildman–Crippen MR) is 168 cm³/mol. The molecule has 1 N–H and O–H groups in total. The Kier molecular flexibility index (Phi) is 10.3. The van der Waals surface area contributed by atoms with Crippen molar-refractivity contribution in [3.63, 3.8) is 0 Å². The van der Waals surface area contributed by atoms with Gasteiger partial charge in [0.15, 0.2) is 0 Å². The van der Waals surface area contributed by atoms with Gasteiger partial charge in [0.25, 0.3) is 0 Å². The summed E-state index contributed by atoms with van der Waals surface area (Å²) in [5, 5.41) is 9.74. The number of amides is 1. The van der Waals surface area contributed by atoms with Gasteiger partial charge in [0.2, 0.25) is 0 Å². The number of carboxylic acids is 1. The van der Waals surface area contributed by atoms with Gasteiger partial charge in [0.1, 0.15) is 12.4 Å². The van der Waals surface area contributed by atoms with Crippen LogP contribution in [0.25, 0.3) is 11.1 Å². The van der Waals surface area contributed by atoms with Crippen LogP contribution in [0.3, 0.4) is 0 Å². The van der Waals surface area contributed by atoms with E-state index in [0.717, 1.165) is 36.1 Å². The first-order valence-corrected chi connectivity index (χ1v) is 15.3. The molecule has 1 fully saturated rings. The number of ether oxygens (including phenoxy) is 2. The van der Waals surface area contributed by atoms with Crippen molar-refractivity contribution >= 4 is 12.1 Å². The molecule has 1 aliphatic carbocycles. The standard InChI is InChI=1S/C37H36F3NO5/c1-2-41(36(44)46-24-25-9-4-3-5-10-25)22-29-19-30(37(38,39)40)17-18-31(29)32-13-8-12-27(21-35(42)43)33(32)20-28-11-6-7-14-34(28)45-23-26-15-16-26/h3-14,17-19,26H,2,15-16,20-24H2,1H3,(H,42,43). The fourth-order valence-electron chi connectivity index (χ4n) is 5.38. The normalized spacial score (nSPS) is 12.9. The zero-order valence-corrected chi connectivity index (χ0v) is 25.6. The highest BCUT2D eigenvalue weighted by molar-refractivity contribution is 5.77. The highest BCUT2D eigenvalue weighted by Gasteiger charge is 2.32. The lowest BCUT2D eigenvalue weighted by molar-refractivity contribution is -0.138. The Morgan fingerprint density at radius 2 is 1.59 bits per heavy atom. The molecule has 0 aromatic heterocycles. The van der Waals surface area contributed by atoms with E-state index in [-0.39, 0.29) is 31.7 Å². The second kappa shape index (κ2) is 14.5. The molecule has 9 heteroatoms. The number of aliphatic carboxylic acids is 1. The third-order valence-electron chi connectivity index (χ3n) is 8.06. The summed E-state index contributed by atoms with van der Waals surface area (Å²) in [4.78, 5) is 26.4. The van der Waals surface area contributed by atoms with E-state index in [1.807, 2.05) is 54.6 Å². The minimum absolute atomic E-state index is 0.0230. The maximum Gasteiger partial charge on any atom is 0.416 e. The Hall–Kier alpha value is -4.79. The first-order chi connectivity index (χ1) is 22.1. The number of alkyl halides is 3. The maximum atomic E-state index is 14.0. The van der Waals surface area contributed by atoms with Gasteiger partial charge in [-0.05, 0) is 82.8 Å². The Labute approximate surface area is 266 Å². The van der Waals surface area contributed by atoms with E-state index in [9.17, 15) is 27.9 Å². The zero-order chi connectivity index (χ0) is 32.7. The van der Waals surface area contributed by atoms with Crippen molar-refractivity contribution in [2.45, 2.75) is 51.9 Å². The molecule has 0 heterocycles. The first kappa shape index (κ1) is 32.6. The third-order valence-corrected chi connectivity index (χ3v) is 8.06. The molecular formula is C37H36F3NO5. The minimum Gasteiger partial charge on any atom is -0.493 e. The quantitative estimate of drug-likeness (QED) is 0.160. The summed E-state index contributed by atoms with van der Waals surface area (Å²) in [7, 11) is 0. The first-order valence-electron chi connectivity index (χ1n) is 15.3. The Bertz CT molecular complexity index is 1670. The van der Waals surface area contributed by atoms with Gasteiger partial charge in [-0.15, -0.1) is 0 Å². The number of halogens is 3. The Balaban J connectivity index is 1.54. The SMILES string of the molecule is CCN(Cc1cc(C(F)(F)F)ccc1-c1cccc(CC(=O)O)c1Cc1ccccc1OCC1CC1)C(=O)OCc1ccccc1. The minimum atomic E-state index is -4.61. The van der Waals surface area contributed by atoms with E-state index < -0.39 is 23.8 Å². The van der Waals surface area contributed by atoms with E-state index in [4.69, 9.17) is 9.47 Å². The average molecular weight is 632 g/mol. The monoisotopic (exact) mass is 631 g/mol.